The van der Waals surface area contributed by atoms with E-state index < -0.39 is 0 Å². The lowest BCUT2D eigenvalue weighted by Gasteiger charge is -2.11. The van der Waals surface area contributed by atoms with Gasteiger partial charge in [-0.15, -0.1) is 0 Å². The Bertz CT molecular complexity index is 2970. The van der Waals surface area contributed by atoms with Gasteiger partial charge < -0.3 is 13.4 Å². The fourth-order valence-corrected chi connectivity index (χ4v) is 8.05. The molecular weight excluding hydrogens is 548 g/mol. The molecule has 0 atom stereocenters. The van der Waals surface area contributed by atoms with E-state index in [0.29, 0.717) is 0 Å². The SMILES string of the molecule is c1ccc2c(c1)oc1cccc(-c3ccc(-n4c5cccc6c7ccccc7n7c8ccccc8c8ccc4c(c65)c87)cc3)c12. The highest BCUT2D eigenvalue weighted by Crippen LogP contribution is 2.45. The van der Waals surface area contributed by atoms with Crippen molar-refractivity contribution in [1.29, 1.82) is 0 Å². The van der Waals surface area contributed by atoms with Gasteiger partial charge in [0.1, 0.15) is 11.2 Å². The molecule has 11 aromatic rings. The molecule has 0 saturated heterocycles. The fourth-order valence-electron chi connectivity index (χ4n) is 8.05. The molecule has 208 valence electrons. The topological polar surface area (TPSA) is 22.5 Å². The average Bonchev–Trinajstić information content (AvgIpc) is 3.73. The highest BCUT2D eigenvalue weighted by molar-refractivity contribution is 6.33. The summed E-state index contributed by atoms with van der Waals surface area (Å²) in [5, 5.41) is 10.1. The molecule has 0 aliphatic carbocycles. The quantitative estimate of drug-likeness (QED) is 0.202. The van der Waals surface area contributed by atoms with Crippen LogP contribution in [0.3, 0.4) is 0 Å². The Balaban J connectivity index is 1.24. The van der Waals surface area contributed by atoms with E-state index in [2.05, 4.69) is 142 Å². The molecule has 0 saturated carbocycles. The highest BCUT2D eigenvalue weighted by Gasteiger charge is 2.23. The van der Waals surface area contributed by atoms with Crippen LogP contribution in [0.4, 0.5) is 0 Å². The van der Waals surface area contributed by atoms with E-state index in [0.717, 1.165) is 22.2 Å². The Morgan fingerprint density at radius 3 is 1.82 bits per heavy atom. The zero-order valence-corrected chi connectivity index (χ0v) is 24.2. The van der Waals surface area contributed by atoms with Crippen LogP contribution in [0, 0.1) is 0 Å². The van der Waals surface area contributed by atoms with E-state index in [9.17, 15) is 0 Å². The van der Waals surface area contributed by atoms with Gasteiger partial charge in [-0.05, 0) is 65.0 Å². The largest absolute Gasteiger partial charge is 0.456 e. The summed E-state index contributed by atoms with van der Waals surface area (Å²) < 4.78 is 11.1. The van der Waals surface area contributed by atoms with Crippen molar-refractivity contribution in [3.63, 3.8) is 0 Å². The monoisotopic (exact) mass is 572 g/mol. The van der Waals surface area contributed by atoms with Crippen LogP contribution in [0.15, 0.2) is 150 Å². The molecule has 4 aromatic heterocycles. The maximum absolute atomic E-state index is 6.20. The minimum Gasteiger partial charge on any atom is -0.456 e. The second kappa shape index (κ2) is 8.31. The number of rotatable bonds is 2. The second-order valence-corrected chi connectivity index (χ2v) is 12.1. The van der Waals surface area contributed by atoms with Crippen molar-refractivity contribution in [1.82, 2.24) is 8.97 Å². The lowest BCUT2D eigenvalue weighted by Crippen LogP contribution is -1.94. The van der Waals surface area contributed by atoms with Gasteiger partial charge in [-0.2, -0.15) is 0 Å². The Morgan fingerprint density at radius 2 is 1.00 bits per heavy atom. The Hall–Kier alpha value is -6.06. The zero-order chi connectivity index (χ0) is 29.2. The first-order valence-corrected chi connectivity index (χ1v) is 15.5. The van der Waals surface area contributed by atoms with E-state index in [4.69, 9.17) is 4.42 Å². The fraction of sp³-hybridized carbons (Fsp3) is 0. The lowest BCUT2D eigenvalue weighted by molar-refractivity contribution is 0.669. The van der Waals surface area contributed by atoms with Gasteiger partial charge in [0, 0.05) is 43.4 Å². The number of aromatic nitrogens is 2. The highest BCUT2D eigenvalue weighted by atomic mass is 16.3. The standard InChI is InChI=1S/C42H24N2O/c1-4-14-33-28(9-1)30-13-7-16-35-40(30)41-36(24-23-31-29-10-2-5-15-34(29)44(33)42(31)41)43(35)26-21-19-25(20-22-26)27-12-8-18-38-39(27)32-11-3-6-17-37(32)45-38/h1-24H. The first-order valence-electron chi connectivity index (χ1n) is 15.5. The molecule has 45 heavy (non-hydrogen) atoms. The number of nitrogens with zero attached hydrogens (tertiary/aromatic N) is 2. The van der Waals surface area contributed by atoms with Crippen LogP contribution >= 0.6 is 0 Å². The second-order valence-electron chi connectivity index (χ2n) is 12.1. The number of furan rings is 1. The summed E-state index contributed by atoms with van der Waals surface area (Å²) in [5.41, 5.74) is 11.5. The number of para-hydroxylation sites is 3. The lowest BCUT2D eigenvalue weighted by atomic mass is 9.99. The third kappa shape index (κ3) is 2.90. The van der Waals surface area contributed by atoms with Crippen LogP contribution in [0.1, 0.15) is 0 Å². The van der Waals surface area contributed by atoms with Gasteiger partial charge in [0.25, 0.3) is 0 Å². The summed E-state index contributed by atoms with van der Waals surface area (Å²) in [7, 11) is 0. The van der Waals surface area contributed by atoms with Crippen molar-refractivity contribution in [2.75, 3.05) is 0 Å². The summed E-state index contributed by atoms with van der Waals surface area (Å²) in [5.74, 6) is 0. The van der Waals surface area contributed by atoms with E-state index in [1.807, 2.05) is 12.1 Å². The van der Waals surface area contributed by atoms with Crippen molar-refractivity contribution in [3.05, 3.63) is 146 Å². The molecule has 0 N–H and O–H groups in total. The third-order valence-corrected chi connectivity index (χ3v) is 9.86. The first kappa shape index (κ1) is 23.4. The summed E-state index contributed by atoms with van der Waals surface area (Å²) in [6, 6.07) is 52.8. The van der Waals surface area contributed by atoms with Crippen molar-refractivity contribution in [2.24, 2.45) is 0 Å². The number of hydrogen-bond donors (Lipinski definition) is 0. The summed E-state index contributed by atoms with van der Waals surface area (Å²) in [6.07, 6.45) is 0. The van der Waals surface area contributed by atoms with E-state index >= 15 is 0 Å². The molecule has 0 spiro atoms. The molecule has 0 aliphatic rings. The molecule has 0 aliphatic heterocycles. The molecule has 3 heteroatoms. The minimum atomic E-state index is 0.918. The predicted octanol–water partition coefficient (Wildman–Crippen LogP) is 11.5. The summed E-state index contributed by atoms with van der Waals surface area (Å²) >= 11 is 0. The number of fused-ring (bicyclic) bond motifs is 9. The smallest absolute Gasteiger partial charge is 0.136 e. The average molecular weight is 573 g/mol. The molecule has 3 nitrogen and oxygen atoms in total. The minimum absolute atomic E-state index is 0.918. The molecule has 0 amide bonds. The molecule has 0 bridgehead atoms. The number of hydrogen-bond acceptors (Lipinski definition) is 1. The van der Waals surface area contributed by atoms with Gasteiger partial charge in [-0.3, -0.25) is 0 Å². The van der Waals surface area contributed by atoms with Crippen LogP contribution in [-0.2, 0) is 0 Å². The van der Waals surface area contributed by atoms with E-state index in [1.54, 1.807) is 0 Å². The van der Waals surface area contributed by atoms with E-state index in [-0.39, 0.29) is 0 Å². The summed E-state index contributed by atoms with van der Waals surface area (Å²) in [6.45, 7) is 0. The molecule has 11 rings (SSSR count). The van der Waals surface area contributed by atoms with Crippen LogP contribution in [-0.4, -0.2) is 8.97 Å². The van der Waals surface area contributed by atoms with Gasteiger partial charge in [0.2, 0.25) is 0 Å². The van der Waals surface area contributed by atoms with Gasteiger partial charge >= 0.3 is 0 Å². The van der Waals surface area contributed by atoms with Crippen LogP contribution in [0.2, 0.25) is 0 Å². The Kier molecular flexibility index (Phi) is 4.32. The van der Waals surface area contributed by atoms with Crippen LogP contribution in [0.25, 0.3) is 98.7 Å². The maximum Gasteiger partial charge on any atom is 0.136 e. The van der Waals surface area contributed by atoms with Crippen molar-refractivity contribution < 1.29 is 4.42 Å². The maximum atomic E-state index is 6.20. The molecular formula is C42H24N2O. The molecule has 0 radical (unpaired) electrons. The van der Waals surface area contributed by atoms with Crippen LogP contribution in [0.5, 0.6) is 0 Å². The molecule has 7 aromatic carbocycles. The van der Waals surface area contributed by atoms with Crippen molar-refractivity contribution >= 4 is 81.8 Å². The van der Waals surface area contributed by atoms with Crippen molar-refractivity contribution in [3.8, 4) is 16.8 Å². The third-order valence-electron chi connectivity index (χ3n) is 9.86. The number of benzene rings is 7. The predicted molar refractivity (Wildman–Crippen MR) is 188 cm³/mol. The zero-order valence-electron chi connectivity index (χ0n) is 24.2. The Morgan fingerprint density at radius 1 is 0.378 bits per heavy atom. The normalized spacial score (nSPS) is 12.4. The molecule has 4 heterocycles. The molecule has 0 unspecified atom stereocenters. The first-order chi connectivity index (χ1) is 22.3. The van der Waals surface area contributed by atoms with Crippen molar-refractivity contribution in [2.45, 2.75) is 0 Å². The van der Waals surface area contributed by atoms with Gasteiger partial charge in [0.15, 0.2) is 0 Å². The summed E-state index contributed by atoms with van der Waals surface area (Å²) in [4.78, 5) is 0. The van der Waals surface area contributed by atoms with Gasteiger partial charge in [0.05, 0.1) is 27.6 Å². The van der Waals surface area contributed by atoms with Gasteiger partial charge in [-0.1, -0.05) is 97.1 Å². The molecule has 0 fully saturated rings. The van der Waals surface area contributed by atoms with Crippen LogP contribution < -0.4 is 0 Å². The Labute approximate surface area is 257 Å². The van der Waals surface area contributed by atoms with E-state index in [1.165, 1.54) is 76.4 Å². The van der Waals surface area contributed by atoms with Gasteiger partial charge in [-0.25, -0.2) is 0 Å².